The van der Waals surface area contributed by atoms with Crippen LogP contribution in [0.5, 0.6) is 0 Å². The van der Waals surface area contributed by atoms with E-state index >= 15 is 0 Å². The van der Waals surface area contributed by atoms with Crippen LogP contribution >= 0.6 is 0 Å². The van der Waals surface area contributed by atoms with E-state index < -0.39 is 0 Å². The standard InChI is InChI=1S/C21H26N2O2/c1-16-7-9-17(10-8-16)13-22-20-6-2-5-19(12-20)21(25)23-11-3-4-18(14-23)15-24/h2,5-10,12,18,22,24H,3-4,11,13-15H2,1H3. The molecule has 1 aliphatic rings. The number of nitrogens with one attached hydrogen (secondary N) is 1. The quantitative estimate of drug-likeness (QED) is 0.878. The van der Waals surface area contributed by atoms with Crippen LogP contribution in [-0.4, -0.2) is 35.6 Å². The fourth-order valence-electron chi connectivity index (χ4n) is 3.25. The van der Waals surface area contributed by atoms with Crippen molar-refractivity contribution in [3.05, 3.63) is 65.2 Å². The molecule has 0 aromatic heterocycles. The molecule has 1 saturated heterocycles. The minimum atomic E-state index is 0.0529. The maximum Gasteiger partial charge on any atom is 0.253 e. The predicted molar refractivity (Wildman–Crippen MR) is 101 cm³/mol. The van der Waals surface area contributed by atoms with E-state index in [2.05, 4.69) is 36.5 Å². The van der Waals surface area contributed by atoms with Crippen LogP contribution in [-0.2, 0) is 6.54 Å². The summed E-state index contributed by atoms with van der Waals surface area (Å²) in [5.74, 6) is 0.262. The molecule has 0 aliphatic carbocycles. The van der Waals surface area contributed by atoms with Crippen LogP contribution in [0.25, 0.3) is 0 Å². The highest BCUT2D eigenvalue weighted by atomic mass is 16.3. The molecule has 3 rings (SSSR count). The molecule has 2 aromatic carbocycles. The lowest BCUT2D eigenvalue weighted by atomic mass is 9.98. The van der Waals surface area contributed by atoms with Gasteiger partial charge in [-0.3, -0.25) is 4.79 Å². The third kappa shape index (κ3) is 4.60. The SMILES string of the molecule is Cc1ccc(CNc2cccc(C(=O)N3CCCC(CO)C3)c2)cc1. The van der Waals surface area contributed by atoms with Gasteiger partial charge >= 0.3 is 0 Å². The Balaban J connectivity index is 1.64. The van der Waals surface area contributed by atoms with E-state index in [0.29, 0.717) is 12.1 Å². The fraction of sp³-hybridized carbons (Fsp3) is 0.381. The Hall–Kier alpha value is -2.33. The number of aliphatic hydroxyl groups is 1. The first-order valence-corrected chi connectivity index (χ1v) is 8.95. The number of carbonyl (C=O) groups is 1. The van der Waals surface area contributed by atoms with Crippen molar-refractivity contribution in [3.63, 3.8) is 0 Å². The van der Waals surface area contributed by atoms with Crippen molar-refractivity contribution in [1.29, 1.82) is 0 Å². The van der Waals surface area contributed by atoms with Crippen LogP contribution < -0.4 is 5.32 Å². The van der Waals surface area contributed by atoms with Gasteiger partial charge < -0.3 is 15.3 Å². The Morgan fingerprint density at radius 1 is 1.24 bits per heavy atom. The highest BCUT2D eigenvalue weighted by molar-refractivity contribution is 5.95. The van der Waals surface area contributed by atoms with Crippen molar-refractivity contribution in [2.45, 2.75) is 26.3 Å². The van der Waals surface area contributed by atoms with E-state index in [4.69, 9.17) is 0 Å². The first-order valence-electron chi connectivity index (χ1n) is 8.95. The average Bonchev–Trinajstić information content (AvgIpc) is 2.67. The highest BCUT2D eigenvalue weighted by Gasteiger charge is 2.24. The third-order valence-electron chi connectivity index (χ3n) is 4.79. The molecule has 0 spiro atoms. The van der Waals surface area contributed by atoms with Crippen molar-refractivity contribution in [1.82, 2.24) is 4.90 Å². The number of carbonyl (C=O) groups excluding carboxylic acids is 1. The summed E-state index contributed by atoms with van der Waals surface area (Å²) in [5.41, 5.74) is 4.11. The van der Waals surface area contributed by atoms with Crippen LogP contribution in [0.1, 0.15) is 34.3 Å². The zero-order chi connectivity index (χ0) is 17.6. The molecule has 1 amide bonds. The minimum absolute atomic E-state index is 0.0529. The number of nitrogens with zero attached hydrogens (tertiary/aromatic N) is 1. The Kier molecular flexibility index (Phi) is 5.71. The van der Waals surface area contributed by atoms with Crippen molar-refractivity contribution in [3.8, 4) is 0 Å². The summed E-state index contributed by atoms with van der Waals surface area (Å²) in [4.78, 5) is 14.6. The molecule has 2 aromatic rings. The summed E-state index contributed by atoms with van der Waals surface area (Å²) in [6.07, 6.45) is 1.96. The molecule has 4 heteroatoms. The van der Waals surface area contributed by atoms with E-state index in [9.17, 15) is 9.90 Å². The van der Waals surface area contributed by atoms with Crippen LogP contribution in [0, 0.1) is 12.8 Å². The molecular formula is C21H26N2O2. The van der Waals surface area contributed by atoms with Crippen molar-refractivity contribution >= 4 is 11.6 Å². The molecule has 0 saturated carbocycles. The van der Waals surface area contributed by atoms with Gasteiger partial charge in [0.2, 0.25) is 0 Å². The molecule has 1 aliphatic heterocycles. The zero-order valence-corrected chi connectivity index (χ0v) is 14.7. The molecule has 0 radical (unpaired) electrons. The molecule has 0 bridgehead atoms. The van der Waals surface area contributed by atoms with Gasteiger partial charge in [-0.05, 0) is 49.4 Å². The van der Waals surface area contributed by atoms with Gasteiger partial charge in [0.15, 0.2) is 0 Å². The largest absolute Gasteiger partial charge is 0.396 e. The first kappa shape index (κ1) is 17.5. The van der Waals surface area contributed by atoms with Crippen LogP contribution in [0.3, 0.4) is 0 Å². The number of rotatable bonds is 5. The van der Waals surface area contributed by atoms with Crippen LogP contribution in [0.4, 0.5) is 5.69 Å². The topological polar surface area (TPSA) is 52.6 Å². The van der Waals surface area contributed by atoms with E-state index in [-0.39, 0.29) is 18.4 Å². The number of likely N-dealkylation sites (tertiary alicyclic amines) is 1. The van der Waals surface area contributed by atoms with Gasteiger partial charge in [-0.1, -0.05) is 35.9 Å². The summed E-state index contributed by atoms with van der Waals surface area (Å²) >= 11 is 0. The third-order valence-corrected chi connectivity index (χ3v) is 4.79. The maximum atomic E-state index is 12.7. The van der Waals surface area contributed by atoms with E-state index in [1.54, 1.807) is 0 Å². The summed E-state index contributed by atoms with van der Waals surface area (Å²) in [6, 6.07) is 16.1. The molecule has 1 heterocycles. The molecule has 1 unspecified atom stereocenters. The fourth-order valence-corrected chi connectivity index (χ4v) is 3.25. The summed E-state index contributed by atoms with van der Waals surface area (Å²) in [6.45, 7) is 4.39. The zero-order valence-electron chi connectivity index (χ0n) is 14.7. The van der Waals surface area contributed by atoms with Gasteiger partial charge in [0.1, 0.15) is 0 Å². The number of piperidine rings is 1. The van der Waals surface area contributed by atoms with Crippen molar-refractivity contribution in [2.24, 2.45) is 5.92 Å². The lowest BCUT2D eigenvalue weighted by Gasteiger charge is -2.32. The molecule has 132 valence electrons. The van der Waals surface area contributed by atoms with Gasteiger partial charge in [0.25, 0.3) is 5.91 Å². The Bertz CT molecular complexity index is 712. The molecule has 25 heavy (non-hydrogen) atoms. The van der Waals surface area contributed by atoms with Crippen LogP contribution in [0.15, 0.2) is 48.5 Å². The highest BCUT2D eigenvalue weighted by Crippen LogP contribution is 2.20. The number of anilines is 1. The summed E-state index contributed by atoms with van der Waals surface area (Å²) in [7, 11) is 0. The second kappa shape index (κ2) is 8.17. The second-order valence-electron chi connectivity index (χ2n) is 6.86. The molecular weight excluding hydrogens is 312 g/mol. The monoisotopic (exact) mass is 338 g/mol. The van der Waals surface area contributed by atoms with Gasteiger partial charge in [0, 0.05) is 37.5 Å². The predicted octanol–water partition coefficient (Wildman–Crippen LogP) is 3.45. The molecule has 2 N–H and O–H groups in total. The van der Waals surface area contributed by atoms with Crippen molar-refractivity contribution < 1.29 is 9.90 Å². The molecule has 4 nitrogen and oxygen atoms in total. The summed E-state index contributed by atoms with van der Waals surface area (Å²) < 4.78 is 0. The first-order chi connectivity index (χ1) is 12.2. The van der Waals surface area contributed by atoms with Gasteiger partial charge in [-0.2, -0.15) is 0 Å². The average molecular weight is 338 g/mol. The Labute approximate surface area is 149 Å². The van der Waals surface area contributed by atoms with E-state index in [0.717, 1.165) is 31.6 Å². The summed E-state index contributed by atoms with van der Waals surface area (Å²) in [5, 5.41) is 12.7. The Morgan fingerprint density at radius 3 is 2.80 bits per heavy atom. The number of amides is 1. The lowest BCUT2D eigenvalue weighted by molar-refractivity contribution is 0.0621. The minimum Gasteiger partial charge on any atom is -0.396 e. The lowest BCUT2D eigenvalue weighted by Crippen LogP contribution is -2.40. The van der Waals surface area contributed by atoms with Crippen molar-refractivity contribution in [2.75, 3.05) is 25.0 Å². The van der Waals surface area contributed by atoms with Crippen LogP contribution in [0.2, 0.25) is 0 Å². The Morgan fingerprint density at radius 2 is 2.04 bits per heavy atom. The smallest absolute Gasteiger partial charge is 0.253 e. The normalized spacial score (nSPS) is 17.4. The number of aliphatic hydroxyl groups excluding tert-OH is 1. The number of aryl methyl sites for hydroxylation is 1. The number of hydrogen-bond acceptors (Lipinski definition) is 3. The number of benzene rings is 2. The van der Waals surface area contributed by atoms with E-state index in [1.165, 1.54) is 11.1 Å². The maximum absolute atomic E-state index is 12.7. The van der Waals surface area contributed by atoms with E-state index in [1.807, 2.05) is 29.2 Å². The van der Waals surface area contributed by atoms with Gasteiger partial charge in [-0.15, -0.1) is 0 Å². The van der Waals surface area contributed by atoms with Gasteiger partial charge in [0.05, 0.1) is 0 Å². The number of hydrogen-bond donors (Lipinski definition) is 2. The molecule has 1 fully saturated rings. The second-order valence-corrected chi connectivity index (χ2v) is 6.86. The van der Waals surface area contributed by atoms with Gasteiger partial charge in [-0.25, -0.2) is 0 Å². The molecule has 1 atom stereocenters.